The summed E-state index contributed by atoms with van der Waals surface area (Å²) in [5.41, 5.74) is 1.86. The van der Waals surface area contributed by atoms with Gasteiger partial charge in [-0.3, -0.25) is 14.3 Å². The van der Waals surface area contributed by atoms with Gasteiger partial charge in [0, 0.05) is 11.9 Å². The van der Waals surface area contributed by atoms with Crippen LogP contribution in [0.15, 0.2) is 65.6 Å². The summed E-state index contributed by atoms with van der Waals surface area (Å²) >= 11 is 0. The number of hydrogen-bond donors (Lipinski definition) is 1. The topological polar surface area (TPSA) is 64.0 Å². The van der Waals surface area contributed by atoms with Gasteiger partial charge in [-0.25, -0.2) is 0 Å². The number of aryl methyl sites for hydroxylation is 1. The first-order valence-corrected chi connectivity index (χ1v) is 8.49. The quantitative estimate of drug-likeness (QED) is 0.675. The SMILES string of the molecule is O=C(Cn1ncc(=O)c2ccccc21)NCCCCc1ccccc1. The average Bonchev–Trinajstić information content (AvgIpc) is 2.65. The van der Waals surface area contributed by atoms with Crippen LogP contribution in [-0.2, 0) is 17.8 Å². The van der Waals surface area contributed by atoms with E-state index in [2.05, 4.69) is 22.5 Å². The van der Waals surface area contributed by atoms with Gasteiger partial charge in [0.1, 0.15) is 6.54 Å². The molecule has 25 heavy (non-hydrogen) atoms. The van der Waals surface area contributed by atoms with Crippen LogP contribution in [0.3, 0.4) is 0 Å². The van der Waals surface area contributed by atoms with Crippen molar-refractivity contribution in [3.63, 3.8) is 0 Å². The number of carbonyl (C=O) groups is 1. The number of unbranched alkanes of at least 4 members (excludes halogenated alkanes) is 1. The maximum absolute atomic E-state index is 12.1. The van der Waals surface area contributed by atoms with Crippen LogP contribution in [0.1, 0.15) is 18.4 Å². The molecule has 0 atom stereocenters. The molecule has 1 N–H and O–H groups in total. The second-order valence-electron chi connectivity index (χ2n) is 5.98. The third-order valence-electron chi connectivity index (χ3n) is 4.11. The first-order valence-electron chi connectivity index (χ1n) is 8.49. The molecule has 1 amide bonds. The lowest BCUT2D eigenvalue weighted by atomic mass is 10.1. The number of carbonyl (C=O) groups excluding carboxylic acids is 1. The van der Waals surface area contributed by atoms with E-state index in [1.807, 2.05) is 24.3 Å². The molecule has 1 heterocycles. The summed E-state index contributed by atoms with van der Waals surface area (Å²) in [5.74, 6) is -0.0963. The molecule has 0 aliphatic rings. The first-order chi connectivity index (χ1) is 12.2. The number of aromatic nitrogens is 2. The van der Waals surface area contributed by atoms with Crippen molar-refractivity contribution in [2.75, 3.05) is 6.54 Å². The summed E-state index contributed by atoms with van der Waals surface area (Å²) in [6.07, 6.45) is 4.24. The number of amides is 1. The summed E-state index contributed by atoms with van der Waals surface area (Å²) in [6, 6.07) is 17.5. The van der Waals surface area contributed by atoms with Crippen molar-refractivity contribution in [1.82, 2.24) is 15.1 Å². The second kappa shape index (κ2) is 8.24. The van der Waals surface area contributed by atoms with Crippen LogP contribution < -0.4 is 10.7 Å². The third kappa shape index (κ3) is 4.53. The second-order valence-corrected chi connectivity index (χ2v) is 5.98. The van der Waals surface area contributed by atoms with Crippen molar-refractivity contribution in [3.8, 4) is 0 Å². The number of hydrogen-bond acceptors (Lipinski definition) is 3. The molecular formula is C20H21N3O2. The highest BCUT2D eigenvalue weighted by atomic mass is 16.2. The van der Waals surface area contributed by atoms with Crippen molar-refractivity contribution in [2.45, 2.75) is 25.8 Å². The van der Waals surface area contributed by atoms with Crippen LogP contribution in [0.4, 0.5) is 0 Å². The molecule has 128 valence electrons. The van der Waals surface area contributed by atoms with E-state index >= 15 is 0 Å². The zero-order valence-corrected chi connectivity index (χ0v) is 14.0. The summed E-state index contributed by atoms with van der Waals surface area (Å²) in [4.78, 5) is 23.9. The van der Waals surface area contributed by atoms with Gasteiger partial charge in [-0.2, -0.15) is 5.10 Å². The van der Waals surface area contributed by atoms with Gasteiger partial charge in [0.25, 0.3) is 0 Å². The summed E-state index contributed by atoms with van der Waals surface area (Å²) in [6.45, 7) is 0.753. The molecule has 0 saturated carbocycles. The Balaban J connectivity index is 1.48. The summed E-state index contributed by atoms with van der Waals surface area (Å²) in [5, 5.41) is 7.57. The molecule has 3 aromatic rings. The molecule has 0 aliphatic carbocycles. The largest absolute Gasteiger partial charge is 0.354 e. The molecule has 0 unspecified atom stereocenters. The van der Waals surface area contributed by atoms with Crippen molar-refractivity contribution >= 4 is 16.8 Å². The highest BCUT2D eigenvalue weighted by Gasteiger charge is 2.07. The number of benzene rings is 2. The average molecular weight is 335 g/mol. The molecule has 0 bridgehead atoms. The Kier molecular flexibility index (Phi) is 5.57. The third-order valence-corrected chi connectivity index (χ3v) is 4.11. The van der Waals surface area contributed by atoms with Gasteiger partial charge in [0.15, 0.2) is 0 Å². The highest BCUT2D eigenvalue weighted by Crippen LogP contribution is 2.07. The Labute approximate surface area is 146 Å². The van der Waals surface area contributed by atoms with Gasteiger partial charge >= 0.3 is 0 Å². The zero-order valence-electron chi connectivity index (χ0n) is 14.0. The van der Waals surface area contributed by atoms with E-state index in [0.29, 0.717) is 17.4 Å². The maximum Gasteiger partial charge on any atom is 0.241 e. The lowest BCUT2D eigenvalue weighted by Crippen LogP contribution is -2.30. The minimum absolute atomic E-state index is 0.0963. The maximum atomic E-state index is 12.1. The van der Waals surface area contributed by atoms with Crippen LogP contribution in [-0.4, -0.2) is 22.2 Å². The molecular weight excluding hydrogens is 314 g/mol. The van der Waals surface area contributed by atoms with E-state index in [0.717, 1.165) is 19.3 Å². The van der Waals surface area contributed by atoms with Crippen LogP contribution in [0, 0.1) is 0 Å². The van der Waals surface area contributed by atoms with Crippen molar-refractivity contribution < 1.29 is 4.79 Å². The Morgan fingerprint density at radius 1 is 1.00 bits per heavy atom. The zero-order chi connectivity index (χ0) is 17.5. The van der Waals surface area contributed by atoms with Gasteiger partial charge in [-0.15, -0.1) is 0 Å². The monoisotopic (exact) mass is 335 g/mol. The highest BCUT2D eigenvalue weighted by molar-refractivity contribution is 5.81. The van der Waals surface area contributed by atoms with Crippen LogP contribution in [0.2, 0.25) is 0 Å². The fraction of sp³-hybridized carbons (Fsp3) is 0.250. The number of rotatable bonds is 7. The number of nitrogens with one attached hydrogen (secondary N) is 1. The van der Waals surface area contributed by atoms with Gasteiger partial charge in [0.05, 0.1) is 11.7 Å². The Morgan fingerprint density at radius 3 is 2.60 bits per heavy atom. The van der Waals surface area contributed by atoms with Crippen molar-refractivity contribution in [2.24, 2.45) is 0 Å². The standard InChI is InChI=1S/C20H21N3O2/c24-19-14-22-23(18-12-5-4-11-17(18)19)15-20(25)21-13-7-6-10-16-8-2-1-3-9-16/h1-5,8-9,11-12,14H,6-7,10,13,15H2,(H,21,25). The molecule has 1 aromatic heterocycles. The van der Waals surface area contributed by atoms with Crippen LogP contribution in [0.5, 0.6) is 0 Å². The van der Waals surface area contributed by atoms with E-state index in [1.54, 1.807) is 22.9 Å². The minimum Gasteiger partial charge on any atom is -0.354 e. The van der Waals surface area contributed by atoms with E-state index in [-0.39, 0.29) is 17.9 Å². The normalized spacial score (nSPS) is 10.7. The predicted octanol–water partition coefficient (Wildman–Crippen LogP) is 2.54. The van der Waals surface area contributed by atoms with E-state index in [1.165, 1.54) is 11.8 Å². The van der Waals surface area contributed by atoms with Gasteiger partial charge < -0.3 is 5.32 Å². The number of para-hydroxylation sites is 1. The smallest absolute Gasteiger partial charge is 0.241 e. The van der Waals surface area contributed by atoms with E-state index < -0.39 is 0 Å². The molecule has 0 spiro atoms. The molecule has 0 aliphatic heterocycles. The fourth-order valence-corrected chi connectivity index (χ4v) is 2.81. The van der Waals surface area contributed by atoms with Gasteiger partial charge in [-0.1, -0.05) is 42.5 Å². The lowest BCUT2D eigenvalue weighted by Gasteiger charge is -2.09. The molecule has 5 nitrogen and oxygen atoms in total. The fourth-order valence-electron chi connectivity index (χ4n) is 2.81. The molecule has 5 heteroatoms. The van der Waals surface area contributed by atoms with Crippen molar-refractivity contribution in [1.29, 1.82) is 0 Å². The van der Waals surface area contributed by atoms with E-state index in [9.17, 15) is 9.59 Å². The summed E-state index contributed by atoms with van der Waals surface area (Å²) < 4.78 is 1.57. The van der Waals surface area contributed by atoms with Gasteiger partial charge in [0.2, 0.25) is 11.3 Å². The van der Waals surface area contributed by atoms with Gasteiger partial charge in [-0.05, 0) is 37.0 Å². The Morgan fingerprint density at radius 2 is 1.76 bits per heavy atom. The molecule has 0 saturated heterocycles. The molecule has 3 rings (SSSR count). The Hall–Kier alpha value is -2.95. The lowest BCUT2D eigenvalue weighted by molar-refractivity contribution is -0.121. The first kappa shape index (κ1) is 16.9. The number of fused-ring (bicyclic) bond motifs is 1. The van der Waals surface area contributed by atoms with Crippen LogP contribution in [0.25, 0.3) is 10.9 Å². The van der Waals surface area contributed by atoms with E-state index in [4.69, 9.17) is 0 Å². The Bertz CT molecular complexity index is 903. The minimum atomic E-state index is -0.131. The molecule has 0 fully saturated rings. The predicted molar refractivity (Wildman–Crippen MR) is 98.4 cm³/mol. The summed E-state index contributed by atoms with van der Waals surface area (Å²) in [7, 11) is 0. The van der Waals surface area contributed by atoms with Crippen LogP contribution >= 0.6 is 0 Å². The molecule has 2 aromatic carbocycles. The molecule has 0 radical (unpaired) electrons. The number of nitrogens with zero attached hydrogens (tertiary/aromatic N) is 2. The van der Waals surface area contributed by atoms with Crippen molar-refractivity contribution in [3.05, 3.63) is 76.6 Å².